The van der Waals surface area contributed by atoms with E-state index in [0.29, 0.717) is 6.42 Å². The van der Waals surface area contributed by atoms with Crippen LogP contribution in [0, 0.1) is 0 Å². The van der Waals surface area contributed by atoms with Crippen LogP contribution in [0.15, 0.2) is 24.3 Å². The minimum Gasteiger partial charge on any atom is -0.443 e. The molecule has 0 saturated heterocycles. The van der Waals surface area contributed by atoms with Crippen molar-refractivity contribution in [1.82, 2.24) is 0 Å². The van der Waals surface area contributed by atoms with E-state index in [2.05, 4.69) is 0 Å². The summed E-state index contributed by atoms with van der Waals surface area (Å²) in [6.07, 6.45) is 0.522. The third-order valence-electron chi connectivity index (χ3n) is 3.04. The van der Waals surface area contributed by atoms with E-state index in [1.54, 1.807) is 0 Å². The van der Waals surface area contributed by atoms with Crippen molar-refractivity contribution in [2.24, 2.45) is 0 Å². The summed E-state index contributed by atoms with van der Waals surface area (Å²) in [4.78, 5) is 13.8. The molecule has 1 amide bonds. The second-order valence-electron chi connectivity index (χ2n) is 5.91. The van der Waals surface area contributed by atoms with E-state index in [0.717, 1.165) is 17.7 Å². The maximum absolute atomic E-state index is 12.3. The van der Waals surface area contributed by atoms with E-state index in [9.17, 15) is 9.90 Å². The largest absolute Gasteiger partial charge is 0.443 e. The molecule has 0 radical (unpaired) electrons. The van der Waals surface area contributed by atoms with Gasteiger partial charge >= 0.3 is 6.09 Å². The van der Waals surface area contributed by atoms with E-state index >= 15 is 0 Å². The quantitative estimate of drug-likeness (QED) is 0.783. The standard InChI is InChI=1S/C15H21NO3/c1-15(2,3)19-14(18)16-10-12(17)9-8-11-6-4-5-7-13(11)16/h4-7,12,17H,8-10H2,1-3H3. The molecule has 104 valence electrons. The Hall–Kier alpha value is -1.55. The van der Waals surface area contributed by atoms with Gasteiger partial charge in [-0.1, -0.05) is 18.2 Å². The predicted octanol–water partition coefficient (Wildman–Crippen LogP) is 2.74. The van der Waals surface area contributed by atoms with Crippen molar-refractivity contribution in [3.8, 4) is 0 Å². The number of ether oxygens (including phenoxy) is 1. The molecule has 1 aromatic rings. The Kier molecular flexibility index (Phi) is 3.80. The third kappa shape index (κ3) is 3.47. The van der Waals surface area contributed by atoms with Crippen molar-refractivity contribution in [1.29, 1.82) is 0 Å². The van der Waals surface area contributed by atoms with Gasteiger partial charge in [0.15, 0.2) is 0 Å². The summed E-state index contributed by atoms with van der Waals surface area (Å²) >= 11 is 0. The first-order valence-electron chi connectivity index (χ1n) is 6.63. The Balaban J connectivity index is 2.29. The molecule has 0 spiro atoms. The number of amides is 1. The minimum atomic E-state index is -0.538. The number of β-amino-alcohol motifs (C(OH)–C–C–N with tert-alkyl or cyclic N) is 1. The molecule has 4 nitrogen and oxygen atoms in total. The summed E-state index contributed by atoms with van der Waals surface area (Å²) < 4.78 is 5.41. The van der Waals surface area contributed by atoms with E-state index in [1.807, 2.05) is 45.0 Å². The summed E-state index contributed by atoms with van der Waals surface area (Å²) in [5.41, 5.74) is 1.38. The lowest BCUT2D eigenvalue weighted by atomic mass is 10.1. The van der Waals surface area contributed by atoms with Crippen LogP contribution in [-0.4, -0.2) is 29.4 Å². The molecule has 1 aliphatic rings. The van der Waals surface area contributed by atoms with Crippen molar-refractivity contribution in [2.75, 3.05) is 11.4 Å². The fourth-order valence-corrected chi connectivity index (χ4v) is 2.20. The van der Waals surface area contributed by atoms with Gasteiger partial charge in [-0.3, -0.25) is 4.90 Å². The summed E-state index contributed by atoms with van der Waals surface area (Å²) in [6, 6.07) is 7.74. The maximum atomic E-state index is 12.3. The van der Waals surface area contributed by atoms with E-state index in [1.165, 1.54) is 4.90 Å². The SMILES string of the molecule is CC(C)(C)OC(=O)N1CC(O)CCc2ccccc21. The summed E-state index contributed by atoms with van der Waals surface area (Å²) in [5.74, 6) is 0. The van der Waals surface area contributed by atoms with Gasteiger partial charge in [-0.15, -0.1) is 0 Å². The molecule has 1 unspecified atom stereocenters. The fraction of sp³-hybridized carbons (Fsp3) is 0.533. The van der Waals surface area contributed by atoms with Gasteiger partial charge in [-0.25, -0.2) is 4.79 Å². The number of carbonyl (C=O) groups is 1. The first kappa shape index (κ1) is 13.9. The minimum absolute atomic E-state index is 0.284. The van der Waals surface area contributed by atoms with Gasteiger partial charge in [-0.2, -0.15) is 0 Å². The molecule has 1 aliphatic heterocycles. The van der Waals surface area contributed by atoms with Crippen LogP contribution in [0.25, 0.3) is 0 Å². The van der Waals surface area contributed by atoms with Crippen LogP contribution in [0.2, 0.25) is 0 Å². The van der Waals surface area contributed by atoms with Gasteiger partial charge in [0.05, 0.1) is 18.3 Å². The number of hydrogen-bond donors (Lipinski definition) is 1. The number of aliphatic hydroxyl groups is 1. The van der Waals surface area contributed by atoms with Crippen molar-refractivity contribution in [2.45, 2.75) is 45.3 Å². The molecule has 0 bridgehead atoms. The van der Waals surface area contributed by atoms with Crippen molar-refractivity contribution >= 4 is 11.8 Å². The van der Waals surface area contributed by atoms with Crippen molar-refractivity contribution < 1.29 is 14.6 Å². The van der Waals surface area contributed by atoms with Gasteiger partial charge < -0.3 is 9.84 Å². The summed E-state index contributed by atoms with van der Waals surface area (Å²) in [5, 5.41) is 9.93. The average molecular weight is 263 g/mol. The van der Waals surface area contributed by atoms with E-state index in [-0.39, 0.29) is 6.54 Å². The van der Waals surface area contributed by atoms with Crippen LogP contribution >= 0.6 is 0 Å². The van der Waals surface area contributed by atoms with E-state index in [4.69, 9.17) is 4.74 Å². The van der Waals surface area contributed by atoms with Gasteiger partial charge in [0, 0.05) is 0 Å². The number of para-hydroxylation sites is 1. The number of aliphatic hydroxyl groups excluding tert-OH is 1. The number of aryl methyl sites for hydroxylation is 1. The molecule has 0 aliphatic carbocycles. The summed E-state index contributed by atoms with van der Waals surface area (Å²) in [7, 11) is 0. The van der Waals surface area contributed by atoms with Crippen molar-refractivity contribution in [3.63, 3.8) is 0 Å². The second kappa shape index (κ2) is 5.21. The van der Waals surface area contributed by atoms with Crippen LogP contribution < -0.4 is 4.90 Å². The van der Waals surface area contributed by atoms with Crippen LogP contribution in [0.1, 0.15) is 32.8 Å². The number of rotatable bonds is 0. The number of nitrogens with zero attached hydrogens (tertiary/aromatic N) is 1. The zero-order valence-corrected chi connectivity index (χ0v) is 11.7. The molecule has 1 N–H and O–H groups in total. The Morgan fingerprint density at radius 2 is 2.05 bits per heavy atom. The predicted molar refractivity (Wildman–Crippen MR) is 74.3 cm³/mol. The highest BCUT2D eigenvalue weighted by atomic mass is 16.6. The van der Waals surface area contributed by atoms with Crippen LogP contribution in [0.4, 0.5) is 10.5 Å². The molecular weight excluding hydrogens is 242 g/mol. The Morgan fingerprint density at radius 1 is 1.37 bits per heavy atom. The first-order chi connectivity index (χ1) is 8.87. The van der Waals surface area contributed by atoms with Gasteiger partial charge in [0.1, 0.15) is 5.60 Å². The molecule has 1 heterocycles. The molecule has 4 heteroatoms. The van der Waals surface area contributed by atoms with Gasteiger partial charge in [-0.05, 0) is 45.2 Å². The number of benzene rings is 1. The first-order valence-corrected chi connectivity index (χ1v) is 6.63. The second-order valence-corrected chi connectivity index (χ2v) is 5.91. The number of carbonyl (C=O) groups excluding carboxylic acids is 1. The number of fused-ring (bicyclic) bond motifs is 1. The highest BCUT2D eigenvalue weighted by molar-refractivity contribution is 5.89. The molecule has 0 saturated carbocycles. The van der Waals surface area contributed by atoms with Crippen LogP contribution in [0.3, 0.4) is 0 Å². The van der Waals surface area contributed by atoms with Crippen LogP contribution in [-0.2, 0) is 11.2 Å². The summed E-state index contributed by atoms with van der Waals surface area (Å²) in [6.45, 7) is 5.80. The third-order valence-corrected chi connectivity index (χ3v) is 3.04. The molecule has 19 heavy (non-hydrogen) atoms. The van der Waals surface area contributed by atoms with E-state index < -0.39 is 17.8 Å². The topological polar surface area (TPSA) is 49.8 Å². The average Bonchev–Trinajstić information content (AvgIpc) is 2.47. The molecule has 0 fully saturated rings. The molecule has 2 rings (SSSR count). The smallest absolute Gasteiger partial charge is 0.414 e. The Labute approximate surface area is 114 Å². The maximum Gasteiger partial charge on any atom is 0.414 e. The lowest BCUT2D eigenvalue weighted by Crippen LogP contribution is -2.40. The Morgan fingerprint density at radius 3 is 2.74 bits per heavy atom. The number of hydrogen-bond acceptors (Lipinski definition) is 3. The number of anilines is 1. The molecule has 0 aromatic heterocycles. The monoisotopic (exact) mass is 263 g/mol. The van der Waals surface area contributed by atoms with Gasteiger partial charge in [0.25, 0.3) is 0 Å². The molecular formula is C15H21NO3. The molecule has 1 atom stereocenters. The molecule has 1 aromatic carbocycles. The van der Waals surface area contributed by atoms with Crippen LogP contribution in [0.5, 0.6) is 0 Å². The fourth-order valence-electron chi connectivity index (χ4n) is 2.20. The lowest BCUT2D eigenvalue weighted by Gasteiger charge is -2.28. The normalized spacial score (nSPS) is 19.6. The Bertz CT molecular complexity index is 465. The van der Waals surface area contributed by atoms with Gasteiger partial charge in [0.2, 0.25) is 0 Å². The highest BCUT2D eigenvalue weighted by Gasteiger charge is 2.28. The zero-order chi connectivity index (χ0) is 14.0. The zero-order valence-electron chi connectivity index (χ0n) is 11.7. The highest BCUT2D eigenvalue weighted by Crippen LogP contribution is 2.27. The lowest BCUT2D eigenvalue weighted by molar-refractivity contribution is 0.0556. The van der Waals surface area contributed by atoms with Crippen molar-refractivity contribution in [3.05, 3.63) is 29.8 Å².